The molecule has 0 bridgehead atoms. The number of β-amino-alcohol motifs (C(OH)–C–C–N with tert-alkyl or cyclic N) is 1. The number of nitrogens with zero attached hydrogens (tertiary/aromatic N) is 2. The number of hydrogen-bond acceptors (Lipinski definition) is 9. The molecule has 10 heteroatoms. The zero-order valence-corrected chi connectivity index (χ0v) is 15.9. The lowest BCUT2D eigenvalue weighted by Crippen LogP contribution is -2.39. The van der Waals surface area contributed by atoms with Crippen LogP contribution in [-0.2, 0) is 22.5 Å². The van der Waals surface area contributed by atoms with Crippen molar-refractivity contribution >= 4 is 22.6 Å². The number of nitrogens with one attached hydrogen (secondary N) is 2. The predicted molar refractivity (Wildman–Crippen MR) is 99.0 cm³/mol. The summed E-state index contributed by atoms with van der Waals surface area (Å²) in [6.07, 6.45) is -1.52. The van der Waals surface area contributed by atoms with E-state index in [2.05, 4.69) is 20.8 Å². The van der Waals surface area contributed by atoms with E-state index < -0.39 is 18.3 Å². The van der Waals surface area contributed by atoms with Gasteiger partial charge in [0, 0.05) is 13.7 Å². The molecule has 0 unspecified atom stereocenters. The van der Waals surface area contributed by atoms with Crippen molar-refractivity contribution in [3.05, 3.63) is 34.8 Å². The third-order valence-corrected chi connectivity index (χ3v) is 4.98. The van der Waals surface area contributed by atoms with E-state index in [1.54, 1.807) is 14.2 Å². The Morgan fingerprint density at radius 1 is 1.33 bits per heavy atom. The van der Waals surface area contributed by atoms with E-state index in [0.29, 0.717) is 29.7 Å². The van der Waals surface area contributed by atoms with E-state index >= 15 is 0 Å². The van der Waals surface area contributed by atoms with Gasteiger partial charge in [-0.25, -0.2) is 4.79 Å². The molecular formula is C17H22N4O5S. The summed E-state index contributed by atoms with van der Waals surface area (Å²) < 4.78 is 15.6. The van der Waals surface area contributed by atoms with Crippen molar-refractivity contribution in [3.8, 4) is 5.75 Å². The predicted octanol–water partition coefficient (Wildman–Crippen LogP) is 1.19. The number of carbonyl (C=O) groups is 1. The van der Waals surface area contributed by atoms with Gasteiger partial charge in [0.2, 0.25) is 5.13 Å². The van der Waals surface area contributed by atoms with Crippen LogP contribution in [0.3, 0.4) is 0 Å². The van der Waals surface area contributed by atoms with Crippen LogP contribution in [-0.4, -0.2) is 60.4 Å². The number of hydrogen-bond donors (Lipinski definition) is 3. The Labute approximate surface area is 160 Å². The number of rotatable bonds is 7. The zero-order valence-electron chi connectivity index (χ0n) is 15.0. The number of ether oxygens (including phenoxy) is 3. The largest absolute Gasteiger partial charge is 0.497 e. The van der Waals surface area contributed by atoms with E-state index in [1.807, 2.05) is 24.3 Å². The molecule has 3 rings (SSSR count). The van der Waals surface area contributed by atoms with E-state index in [1.165, 1.54) is 11.3 Å². The molecule has 2 heterocycles. The molecule has 3 N–H and O–H groups in total. The Bertz CT molecular complexity index is 754. The second-order valence-corrected chi connectivity index (χ2v) is 7.13. The molecule has 1 fully saturated rings. The van der Waals surface area contributed by atoms with E-state index in [4.69, 9.17) is 14.2 Å². The van der Waals surface area contributed by atoms with Crippen LogP contribution >= 0.6 is 11.3 Å². The van der Waals surface area contributed by atoms with Crippen molar-refractivity contribution in [1.29, 1.82) is 0 Å². The van der Waals surface area contributed by atoms with Crippen LogP contribution in [0, 0.1) is 0 Å². The van der Waals surface area contributed by atoms with Crippen LogP contribution in [0.25, 0.3) is 0 Å². The SMILES string of the molecule is COCc1nnc(NC(=O)O[C@@H]2[C@@H](O)CN[C@@H]2Cc2ccc(OC)cc2)s1. The Balaban J connectivity index is 1.57. The molecule has 3 atom stereocenters. The lowest BCUT2D eigenvalue weighted by molar-refractivity contribution is 0.0254. The molecule has 0 saturated carbocycles. The molecule has 0 spiro atoms. The second-order valence-electron chi connectivity index (χ2n) is 6.06. The fourth-order valence-corrected chi connectivity index (χ4v) is 3.56. The third kappa shape index (κ3) is 5.13. The van der Waals surface area contributed by atoms with Gasteiger partial charge >= 0.3 is 6.09 Å². The van der Waals surface area contributed by atoms with E-state index in [-0.39, 0.29) is 6.04 Å². The molecule has 146 valence electrons. The van der Waals surface area contributed by atoms with Gasteiger partial charge in [-0.2, -0.15) is 0 Å². The number of benzene rings is 1. The van der Waals surface area contributed by atoms with Gasteiger partial charge in [-0.3, -0.25) is 5.32 Å². The van der Waals surface area contributed by atoms with E-state index in [9.17, 15) is 9.90 Å². The number of carbonyl (C=O) groups excluding carboxylic acids is 1. The first-order valence-corrected chi connectivity index (χ1v) is 9.24. The van der Waals surface area contributed by atoms with Crippen LogP contribution in [0.4, 0.5) is 9.93 Å². The minimum absolute atomic E-state index is 0.197. The number of aliphatic hydroxyl groups is 1. The maximum absolute atomic E-state index is 12.2. The Morgan fingerprint density at radius 3 is 2.81 bits per heavy atom. The molecule has 9 nitrogen and oxygen atoms in total. The van der Waals surface area contributed by atoms with Gasteiger partial charge in [0.1, 0.15) is 29.6 Å². The molecule has 1 aromatic carbocycles. The molecule has 1 aromatic heterocycles. The minimum atomic E-state index is -0.780. The maximum atomic E-state index is 12.2. The topological polar surface area (TPSA) is 115 Å². The molecule has 1 aliphatic heterocycles. The first kappa shape index (κ1) is 19.5. The molecule has 0 radical (unpaired) electrons. The van der Waals surface area contributed by atoms with Crippen LogP contribution in [0.1, 0.15) is 10.6 Å². The maximum Gasteiger partial charge on any atom is 0.413 e. The van der Waals surface area contributed by atoms with Gasteiger partial charge in [0.15, 0.2) is 0 Å². The highest BCUT2D eigenvalue weighted by Crippen LogP contribution is 2.21. The van der Waals surface area contributed by atoms with Crippen LogP contribution in [0.2, 0.25) is 0 Å². The summed E-state index contributed by atoms with van der Waals surface area (Å²) in [7, 11) is 3.17. The monoisotopic (exact) mass is 394 g/mol. The first-order chi connectivity index (χ1) is 13.1. The molecule has 0 aliphatic carbocycles. The number of aromatic nitrogens is 2. The summed E-state index contributed by atoms with van der Waals surface area (Å²) in [6.45, 7) is 0.680. The Morgan fingerprint density at radius 2 is 2.11 bits per heavy atom. The lowest BCUT2D eigenvalue weighted by Gasteiger charge is -2.22. The molecular weight excluding hydrogens is 372 g/mol. The van der Waals surface area contributed by atoms with Crippen molar-refractivity contribution in [2.45, 2.75) is 31.3 Å². The quantitative estimate of drug-likeness (QED) is 0.641. The molecule has 2 aromatic rings. The fourth-order valence-electron chi connectivity index (χ4n) is 2.86. The second kappa shape index (κ2) is 9.09. The summed E-state index contributed by atoms with van der Waals surface area (Å²) in [6, 6.07) is 7.44. The first-order valence-electron chi connectivity index (χ1n) is 8.42. The van der Waals surface area contributed by atoms with Crippen LogP contribution < -0.4 is 15.4 Å². The van der Waals surface area contributed by atoms with E-state index in [0.717, 1.165) is 11.3 Å². The fraction of sp³-hybridized carbons (Fsp3) is 0.471. The number of aliphatic hydroxyl groups excluding tert-OH is 1. The van der Waals surface area contributed by atoms with Gasteiger partial charge < -0.3 is 24.6 Å². The van der Waals surface area contributed by atoms with Crippen molar-refractivity contribution in [2.24, 2.45) is 0 Å². The van der Waals surface area contributed by atoms with Crippen LogP contribution in [0.5, 0.6) is 5.75 Å². The summed E-state index contributed by atoms with van der Waals surface area (Å²) >= 11 is 1.20. The van der Waals surface area contributed by atoms with Crippen molar-refractivity contribution in [1.82, 2.24) is 15.5 Å². The average Bonchev–Trinajstić information content (AvgIpc) is 3.24. The number of anilines is 1. The normalized spacial score (nSPS) is 21.8. The Kier molecular flexibility index (Phi) is 6.56. The van der Waals surface area contributed by atoms with Crippen molar-refractivity contribution < 1.29 is 24.1 Å². The molecule has 27 heavy (non-hydrogen) atoms. The summed E-state index contributed by atoms with van der Waals surface area (Å²) in [5.41, 5.74) is 1.05. The van der Waals surface area contributed by atoms with Gasteiger partial charge in [-0.15, -0.1) is 10.2 Å². The van der Waals surface area contributed by atoms with Gasteiger partial charge in [0.05, 0.1) is 13.2 Å². The van der Waals surface area contributed by atoms with Gasteiger partial charge in [0.25, 0.3) is 0 Å². The number of methoxy groups -OCH3 is 2. The highest BCUT2D eigenvalue weighted by Gasteiger charge is 2.38. The molecule has 1 saturated heterocycles. The summed E-state index contributed by atoms with van der Waals surface area (Å²) in [5.74, 6) is 0.773. The smallest absolute Gasteiger partial charge is 0.413 e. The summed E-state index contributed by atoms with van der Waals surface area (Å²) in [4.78, 5) is 12.2. The highest BCUT2D eigenvalue weighted by molar-refractivity contribution is 7.15. The Hall–Kier alpha value is -2.27. The zero-order chi connectivity index (χ0) is 19.2. The van der Waals surface area contributed by atoms with Gasteiger partial charge in [-0.05, 0) is 24.1 Å². The molecule has 1 amide bonds. The standard InChI is InChI=1S/C17H22N4O5S/c1-24-9-14-20-21-16(27-14)19-17(23)26-15-12(18-8-13(15)22)7-10-3-5-11(25-2)6-4-10/h3-6,12-13,15,18,22H,7-9H2,1-2H3,(H,19,21,23)/t12-,13+,15+/m1/s1. The van der Waals surface area contributed by atoms with Crippen molar-refractivity contribution in [3.63, 3.8) is 0 Å². The lowest BCUT2D eigenvalue weighted by atomic mass is 10.0. The summed E-state index contributed by atoms with van der Waals surface area (Å²) in [5, 5.41) is 24.6. The average molecular weight is 394 g/mol. The number of amides is 1. The minimum Gasteiger partial charge on any atom is -0.497 e. The third-order valence-electron chi connectivity index (χ3n) is 4.17. The van der Waals surface area contributed by atoms with Crippen molar-refractivity contribution in [2.75, 3.05) is 26.1 Å². The van der Waals surface area contributed by atoms with Crippen LogP contribution in [0.15, 0.2) is 24.3 Å². The highest BCUT2D eigenvalue weighted by atomic mass is 32.1. The molecule has 1 aliphatic rings. The van der Waals surface area contributed by atoms with Gasteiger partial charge in [-0.1, -0.05) is 23.5 Å².